The van der Waals surface area contributed by atoms with Crippen molar-refractivity contribution in [3.8, 4) is 0 Å². The van der Waals surface area contributed by atoms with Gasteiger partial charge >= 0.3 is 0 Å². The Morgan fingerprint density at radius 3 is 2.66 bits per heavy atom. The van der Waals surface area contributed by atoms with Crippen LogP contribution in [0.4, 0.5) is 17.1 Å². The third-order valence-corrected chi connectivity index (χ3v) is 6.11. The zero-order chi connectivity index (χ0) is 20.4. The molecule has 0 aromatic heterocycles. The second kappa shape index (κ2) is 8.73. The molecule has 2 fully saturated rings. The van der Waals surface area contributed by atoms with Crippen molar-refractivity contribution in [3.63, 3.8) is 0 Å². The van der Waals surface area contributed by atoms with Crippen molar-refractivity contribution >= 4 is 56.4 Å². The van der Waals surface area contributed by atoms with Crippen LogP contribution in [0.15, 0.2) is 46.9 Å². The van der Waals surface area contributed by atoms with Crippen molar-refractivity contribution in [2.45, 2.75) is 6.42 Å². The number of carbonyl (C=O) groups excluding carboxylic acids is 2. The van der Waals surface area contributed by atoms with E-state index in [1.807, 2.05) is 36.4 Å². The summed E-state index contributed by atoms with van der Waals surface area (Å²) in [5.41, 5.74) is 2.36. The number of rotatable bonds is 4. The standard InChI is InChI=1S/C21H21BrClN3O3/c22-16-3-1-2-4-18(16)26-13-14(11-20(26)27)21(28)24-17-12-15(23)5-6-19(17)25-7-9-29-10-8-25/h1-6,12,14H,7-11,13H2,(H,24,28). The number of nitrogens with zero attached hydrogens (tertiary/aromatic N) is 2. The quantitative estimate of drug-likeness (QED) is 0.723. The Kier molecular flexibility index (Phi) is 6.08. The predicted molar refractivity (Wildman–Crippen MR) is 118 cm³/mol. The highest BCUT2D eigenvalue weighted by Gasteiger charge is 2.36. The van der Waals surface area contributed by atoms with Crippen molar-refractivity contribution in [1.29, 1.82) is 0 Å². The van der Waals surface area contributed by atoms with Crippen LogP contribution in [0, 0.1) is 5.92 Å². The summed E-state index contributed by atoms with van der Waals surface area (Å²) >= 11 is 9.66. The molecule has 0 radical (unpaired) electrons. The first kappa shape index (κ1) is 20.2. The maximum Gasteiger partial charge on any atom is 0.229 e. The summed E-state index contributed by atoms with van der Waals surface area (Å²) in [7, 11) is 0. The predicted octanol–water partition coefficient (Wildman–Crippen LogP) is 3.93. The van der Waals surface area contributed by atoms with Crippen molar-refractivity contribution < 1.29 is 14.3 Å². The van der Waals surface area contributed by atoms with E-state index in [4.69, 9.17) is 16.3 Å². The molecule has 2 saturated heterocycles. The lowest BCUT2D eigenvalue weighted by Gasteiger charge is -2.30. The first-order valence-electron chi connectivity index (χ1n) is 9.51. The Morgan fingerprint density at radius 2 is 1.90 bits per heavy atom. The lowest BCUT2D eigenvalue weighted by Crippen LogP contribution is -2.37. The smallest absolute Gasteiger partial charge is 0.229 e. The van der Waals surface area contributed by atoms with Crippen LogP contribution in [0.1, 0.15) is 6.42 Å². The number of benzene rings is 2. The summed E-state index contributed by atoms with van der Waals surface area (Å²) in [4.78, 5) is 29.4. The van der Waals surface area contributed by atoms with Gasteiger partial charge in [0.25, 0.3) is 0 Å². The molecule has 6 nitrogen and oxygen atoms in total. The molecular formula is C21H21BrClN3O3. The molecule has 2 amide bonds. The molecule has 2 heterocycles. The first-order chi connectivity index (χ1) is 14.0. The minimum atomic E-state index is -0.425. The van der Waals surface area contributed by atoms with Crippen LogP contribution in [-0.4, -0.2) is 44.7 Å². The fraction of sp³-hybridized carbons (Fsp3) is 0.333. The summed E-state index contributed by atoms with van der Waals surface area (Å²) < 4.78 is 6.25. The maximum absolute atomic E-state index is 13.0. The Bertz CT molecular complexity index is 933. The number of nitrogens with one attached hydrogen (secondary N) is 1. The molecule has 152 valence electrons. The number of carbonyl (C=O) groups is 2. The van der Waals surface area contributed by atoms with E-state index in [0.29, 0.717) is 30.5 Å². The average molecular weight is 479 g/mol. The summed E-state index contributed by atoms with van der Waals surface area (Å²) in [6.07, 6.45) is 0.181. The number of morpholine rings is 1. The molecule has 2 aromatic rings. The van der Waals surface area contributed by atoms with E-state index in [-0.39, 0.29) is 18.2 Å². The van der Waals surface area contributed by atoms with Crippen molar-refractivity contribution in [2.75, 3.05) is 48.0 Å². The van der Waals surface area contributed by atoms with Gasteiger partial charge in [0.05, 0.1) is 36.2 Å². The number of ether oxygens (including phenoxy) is 1. The highest BCUT2D eigenvalue weighted by atomic mass is 79.9. The largest absolute Gasteiger partial charge is 0.378 e. The van der Waals surface area contributed by atoms with Gasteiger partial charge in [0.2, 0.25) is 11.8 Å². The molecule has 2 aromatic carbocycles. The lowest BCUT2D eigenvalue weighted by molar-refractivity contribution is -0.122. The Balaban J connectivity index is 1.51. The molecule has 0 aliphatic carbocycles. The van der Waals surface area contributed by atoms with Gasteiger partial charge in [-0.2, -0.15) is 0 Å². The van der Waals surface area contributed by atoms with Gasteiger partial charge in [-0.1, -0.05) is 23.7 Å². The number of anilines is 3. The summed E-state index contributed by atoms with van der Waals surface area (Å²) in [6.45, 7) is 3.15. The highest BCUT2D eigenvalue weighted by molar-refractivity contribution is 9.10. The van der Waals surface area contributed by atoms with Crippen molar-refractivity contribution in [3.05, 3.63) is 52.0 Å². The normalized spacial score (nSPS) is 19.5. The molecule has 2 aliphatic rings. The van der Waals surface area contributed by atoms with E-state index in [1.165, 1.54) is 0 Å². The Hall–Kier alpha value is -2.09. The fourth-order valence-corrected chi connectivity index (χ4v) is 4.38. The average Bonchev–Trinajstić information content (AvgIpc) is 3.11. The molecule has 2 aliphatic heterocycles. The van der Waals surface area contributed by atoms with Crippen molar-refractivity contribution in [1.82, 2.24) is 0 Å². The molecular weight excluding hydrogens is 458 g/mol. The van der Waals surface area contributed by atoms with Gasteiger partial charge in [0.15, 0.2) is 0 Å². The molecule has 8 heteroatoms. The molecule has 0 bridgehead atoms. The second-order valence-corrected chi connectivity index (χ2v) is 8.40. The maximum atomic E-state index is 13.0. The molecule has 1 atom stereocenters. The van der Waals surface area contributed by atoms with E-state index in [9.17, 15) is 9.59 Å². The topological polar surface area (TPSA) is 61.9 Å². The van der Waals surface area contributed by atoms with E-state index in [2.05, 4.69) is 26.1 Å². The number of para-hydroxylation sites is 1. The van der Waals surface area contributed by atoms with Gasteiger partial charge in [-0.3, -0.25) is 9.59 Å². The van der Waals surface area contributed by atoms with Gasteiger partial charge in [0.1, 0.15) is 0 Å². The van der Waals surface area contributed by atoms with E-state index in [0.717, 1.165) is 28.9 Å². The van der Waals surface area contributed by atoms with Crippen LogP contribution < -0.4 is 15.1 Å². The fourth-order valence-electron chi connectivity index (χ4n) is 3.71. The van der Waals surface area contributed by atoms with Crippen LogP contribution in [0.5, 0.6) is 0 Å². The van der Waals surface area contributed by atoms with Gasteiger partial charge < -0.3 is 19.9 Å². The third kappa shape index (κ3) is 4.42. The van der Waals surface area contributed by atoms with Crippen LogP contribution in [-0.2, 0) is 14.3 Å². The number of hydrogen-bond donors (Lipinski definition) is 1. The van der Waals surface area contributed by atoms with Gasteiger partial charge in [-0.05, 0) is 46.3 Å². The minimum absolute atomic E-state index is 0.0588. The van der Waals surface area contributed by atoms with Gasteiger partial charge in [-0.15, -0.1) is 0 Å². The number of amides is 2. The van der Waals surface area contributed by atoms with E-state index in [1.54, 1.807) is 11.0 Å². The summed E-state index contributed by atoms with van der Waals surface area (Å²) in [5, 5.41) is 3.55. The van der Waals surface area contributed by atoms with Crippen molar-refractivity contribution in [2.24, 2.45) is 5.92 Å². The molecule has 1 N–H and O–H groups in total. The van der Waals surface area contributed by atoms with E-state index < -0.39 is 5.92 Å². The SMILES string of the molecule is O=C(Nc1cc(Cl)ccc1N1CCOCC1)C1CC(=O)N(c2ccccc2Br)C1. The minimum Gasteiger partial charge on any atom is -0.378 e. The van der Waals surface area contributed by atoms with Crippen LogP contribution in [0.25, 0.3) is 0 Å². The molecule has 0 saturated carbocycles. The van der Waals surface area contributed by atoms with Crippen LogP contribution >= 0.6 is 27.5 Å². The van der Waals surface area contributed by atoms with Crippen LogP contribution in [0.2, 0.25) is 5.02 Å². The van der Waals surface area contributed by atoms with Gasteiger partial charge in [0, 0.05) is 35.6 Å². The van der Waals surface area contributed by atoms with Crippen LogP contribution in [0.3, 0.4) is 0 Å². The molecule has 29 heavy (non-hydrogen) atoms. The molecule has 0 spiro atoms. The zero-order valence-electron chi connectivity index (χ0n) is 15.7. The zero-order valence-corrected chi connectivity index (χ0v) is 18.1. The Labute approximate surface area is 182 Å². The first-order valence-corrected chi connectivity index (χ1v) is 10.7. The van der Waals surface area contributed by atoms with E-state index >= 15 is 0 Å². The van der Waals surface area contributed by atoms with Gasteiger partial charge in [-0.25, -0.2) is 0 Å². The summed E-state index contributed by atoms with van der Waals surface area (Å²) in [5.74, 6) is -0.660. The highest BCUT2D eigenvalue weighted by Crippen LogP contribution is 2.33. The lowest BCUT2D eigenvalue weighted by atomic mass is 10.1. The monoisotopic (exact) mass is 477 g/mol. The molecule has 1 unspecified atom stereocenters. The third-order valence-electron chi connectivity index (χ3n) is 5.21. The second-order valence-electron chi connectivity index (χ2n) is 7.11. The summed E-state index contributed by atoms with van der Waals surface area (Å²) in [6, 6.07) is 13.0. The number of halogens is 2. The molecule has 4 rings (SSSR count). The number of hydrogen-bond acceptors (Lipinski definition) is 4. The Morgan fingerprint density at radius 1 is 1.14 bits per heavy atom.